The standard InChI is InChI=1S/C20H28N2O.ClH/c23-19(18-14-20(18)8-10-21-11-9-20)22-12-4-7-17(15-22)13-16-5-2-1-3-6-16;/h1-3,5-6,17-18,21H,4,7-15H2;1H. The van der Waals surface area contributed by atoms with Gasteiger partial charge in [-0.25, -0.2) is 0 Å². The van der Waals surface area contributed by atoms with Crippen molar-refractivity contribution in [1.29, 1.82) is 0 Å². The van der Waals surface area contributed by atoms with Crippen LogP contribution in [-0.2, 0) is 11.2 Å². The SMILES string of the molecule is Cl.O=C(C1CC12CCNCC2)N1CCCC(Cc2ccccc2)C1. The molecule has 4 rings (SSSR count). The molecule has 1 N–H and O–H groups in total. The smallest absolute Gasteiger partial charge is 0.226 e. The monoisotopic (exact) mass is 348 g/mol. The third kappa shape index (κ3) is 3.62. The maximum absolute atomic E-state index is 12.9. The summed E-state index contributed by atoms with van der Waals surface area (Å²) in [6, 6.07) is 10.7. The number of hydrogen-bond acceptors (Lipinski definition) is 2. The zero-order valence-corrected chi connectivity index (χ0v) is 15.2. The number of hydrogen-bond donors (Lipinski definition) is 1. The number of likely N-dealkylation sites (tertiary alicyclic amines) is 1. The molecule has 3 aliphatic rings. The molecule has 1 spiro atoms. The van der Waals surface area contributed by atoms with Crippen LogP contribution in [0.1, 0.15) is 37.7 Å². The highest BCUT2D eigenvalue weighted by Crippen LogP contribution is 2.59. The molecule has 24 heavy (non-hydrogen) atoms. The van der Waals surface area contributed by atoms with Gasteiger partial charge in [0.25, 0.3) is 0 Å². The first-order valence-electron chi connectivity index (χ1n) is 9.30. The number of carbonyl (C=O) groups is 1. The van der Waals surface area contributed by atoms with Gasteiger partial charge in [-0.05, 0) is 68.5 Å². The van der Waals surface area contributed by atoms with Gasteiger partial charge in [-0.3, -0.25) is 4.79 Å². The third-order valence-corrected chi connectivity index (χ3v) is 6.29. The van der Waals surface area contributed by atoms with Crippen molar-refractivity contribution in [3.63, 3.8) is 0 Å². The Labute approximate surface area is 151 Å². The molecule has 2 aliphatic heterocycles. The molecule has 1 aromatic carbocycles. The van der Waals surface area contributed by atoms with Gasteiger partial charge in [0.2, 0.25) is 5.91 Å². The summed E-state index contributed by atoms with van der Waals surface area (Å²) in [6.45, 7) is 4.15. The van der Waals surface area contributed by atoms with Crippen molar-refractivity contribution < 1.29 is 4.79 Å². The van der Waals surface area contributed by atoms with Gasteiger partial charge in [-0.1, -0.05) is 30.3 Å². The van der Waals surface area contributed by atoms with Gasteiger partial charge in [0.15, 0.2) is 0 Å². The van der Waals surface area contributed by atoms with E-state index in [0.29, 0.717) is 23.2 Å². The minimum absolute atomic E-state index is 0. The second kappa shape index (κ2) is 7.45. The number of carbonyl (C=O) groups excluding carboxylic acids is 1. The first-order valence-corrected chi connectivity index (χ1v) is 9.30. The van der Waals surface area contributed by atoms with Crippen LogP contribution in [0.15, 0.2) is 30.3 Å². The molecular formula is C20H29ClN2O. The molecule has 1 aliphatic carbocycles. The van der Waals surface area contributed by atoms with E-state index in [1.165, 1.54) is 31.2 Å². The van der Waals surface area contributed by atoms with Crippen molar-refractivity contribution in [3.05, 3.63) is 35.9 Å². The van der Waals surface area contributed by atoms with E-state index in [1.54, 1.807) is 0 Å². The Kier molecular flexibility index (Phi) is 5.51. The first-order chi connectivity index (χ1) is 11.3. The van der Waals surface area contributed by atoms with Gasteiger partial charge in [0.1, 0.15) is 0 Å². The van der Waals surface area contributed by atoms with Crippen LogP contribution < -0.4 is 5.32 Å². The van der Waals surface area contributed by atoms with Gasteiger partial charge in [0, 0.05) is 19.0 Å². The lowest BCUT2D eigenvalue weighted by molar-refractivity contribution is -0.135. The van der Waals surface area contributed by atoms with E-state index in [9.17, 15) is 4.79 Å². The van der Waals surface area contributed by atoms with Gasteiger partial charge < -0.3 is 10.2 Å². The second-order valence-corrected chi connectivity index (χ2v) is 7.85. The number of halogens is 1. The summed E-state index contributed by atoms with van der Waals surface area (Å²) in [7, 11) is 0. The lowest BCUT2D eigenvalue weighted by atomic mass is 9.89. The molecule has 3 fully saturated rings. The second-order valence-electron chi connectivity index (χ2n) is 7.85. The van der Waals surface area contributed by atoms with E-state index in [1.807, 2.05) is 0 Å². The molecule has 2 heterocycles. The van der Waals surface area contributed by atoms with Crippen LogP contribution in [0.5, 0.6) is 0 Å². The van der Waals surface area contributed by atoms with E-state index in [-0.39, 0.29) is 12.4 Å². The predicted octanol–water partition coefficient (Wildman–Crippen LogP) is 3.28. The average molecular weight is 349 g/mol. The summed E-state index contributed by atoms with van der Waals surface area (Å²) in [4.78, 5) is 15.1. The molecule has 0 radical (unpaired) electrons. The summed E-state index contributed by atoms with van der Waals surface area (Å²) in [6.07, 6.45) is 7.09. The van der Waals surface area contributed by atoms with E-state index in [0.717, 1.165) is 39.0 Å². The maximum Gasteiger partial charge on any atom is 0.226 e. The average Bonchev–Trinajstić information content (AvgIpc) is 3.29. The van der Waals surface area contributed by atoms with Crippen LogP contribution in [0.4, 0.5) is 0 Å². The predicted molar refractivity (Wildman–Crippen MR) is 99.3 cm³/mol. The summed E-state index contributed by atoms with van der Waals surface area (Å²) >= 11 is 0. The number of piperidine rings is 2. The molecule has 0 bridgehead atoms. The van der Waals surface area contributed by atoms with E-state index >= 15 is 0 Å². The molecule has 2 unspecified atom stereocenters. The summed E-state index contributed by atoms with van der Waals surface area (Å²) in [5.74, 6) is 1.43. The van der Waals surface area contributed by atoms with Crippen molar-refractivity contribution in [2.24, 2.45) is 17.3 Å². The van der Waals surface area contributed by atoms with Crippen LogP contribution in [-0.4, -0.2) is 37.0 Å². The first kappa shape index (κ1) is 17.8. The normalized spacial score (nSPS) is 28.2. The van der Waals surface area contributed by atoms with E-state index < -0.39 is 0 Å². The fourth-order valence-corrected chi connectivity index (χ4v) is 4.77. The minimum atomic E-state index is 0. The van der Waals surface area contributed by atoms with Crippen molar-refractivity contribution in [3.8, 4) is 0 Å². The number of nitrogens with one attached hydrogen (secondary N) is 1. The molecule has 4 heteroatoms. The Morgan fingerprint density at radius 1 is 1.21 bits per heavy atom. The molecule has 1 amide bonds. The quantitative estimate of drug-likeness (QED) is 0.909. The van der Waals surface area contributed by atoms with Crippen molar-refractivity contribution in [2.45, 2.75) is 38.5 Å². The maximum atomic E-state index is 12.9. The van der Waals surface area contributed by atoms with Crippen LogP contribution in [0.2, 0.25) is 0 Å². The summed E-state index contributed by atoms with van der Waals surface area (Å²) < 4.78 is 0. The molecule has 132 valence electrons. The number of rotatable bonds is 3. The summed E-state index contributed by atoms with van der Waals surface area (Å²) in [5.41, 5.74) is 1.78. The lowest BCUT2D eigenvalue weighted by Crippen LogP contribution is -2.42. The molecule has 1 aromatic rings. The van der Waals surface area contributed by atoms with Crippen molar-refractivity contribution in [1.82, 2.24) is 10.2 Å². The minimum Gasteiger partial charge on any atom is -0.342 e. The molecular weight excluding hydrogens is 320 g/mol. The number of nitrogens with zero attached hydrogens (tertiary/aromatic N) is 1. The van der Waals surface area contributed by atoms with Crippen LogP contribution in [0.25, 0.3) is 0 Å². The highest BCUT2D eigenvalue weighted by atomic mass is 35.5. The van der Waals surface area contributed by atoms with E-state index in [4.69, 9.17) is 0 Å². The molecule has 1 saturated carbocycles. The largest absolute Gasteiger partial charge is 0.342 e. The van der Waals surface area contributed by atoms with Crippen LogP contribution in [0.3, 0.4) is 0 Å². The highest BCUT2D eigenvalue weighted by Gasteiger charge is 2.58. The Morgan fingerprint density at radius 2 is 1.96 bits per heavy atom. The molecule has 3 nitrogen and oxygen atoms in total. The van der Waals surface area contributed by atoms with Crippen LogP contribution >= 0.6 is 12.4 Å². The summed E-state index contributed by atoms with van der Waals surface area (Å²) in [5, 5.41) is 3.43. The zero-order chi connectivity index (χ0) is 15.7. The lowest BCUT2D eigenvalue weighted by Gasteiger charge is -2.34. The number of benzene rings is 1. The van der Waals surface area contributed by atoms with Crippen molar-refractivity contribution >= 4 is 18.3 Å². The fraction of sp³-hybridized carbons (Fsp3) is 0.650. The third-order valence-electron chi connectivity index (χ3n) is 6.29. The van der Waals surface area contributed by atoms with Crippen molar-refractivity contribution in [2.75, 3.05) is 26.2 Å². The Bertz CT molecular complexity index is 556. The molecule has 2 saturated heterocycles. The Hall–Kier alpha value is -1.06. The number of amides is 1. The fourth-order valence-electron chi connectivity index (χ4n) is 4.77. The molecule has 0 aromatic heterocycles. The van der Waals surface area contributed by atoms with Gasteiger partial charge >= 0.3 is 0 Å². The van der Waals surface area contributed by atoms with Gasteiger partial charge in [0.05, 0.1) is 0 Å². The van der Waals surface area contributed by atoms with Gasteiger partial charge in [-0.2, -0.15) is 0 Å². The Balaban J connectivity index is 0.00000169. The molecule has 2 atom stereocenters. The highest BCUT2D eigenvalue weighted by molar-refractivity contribution is 5.85. The topological polar surface area (TPSA) is 32.3 Å². The van der Waals surface area contributed by atoms with Gasteiger partial charge in [-0.15, -0.1) is 12.4 Å². The van der Waals surface area contributed by atoms with E-state index in [2.05, 4.69) is 40.5 Å². The van der Waals surface area contributed by atoms with Crippen LogP contribution in [0, 0.1) is 17.3 Å². The Morgan fingerprint density at radius 3 is 2.71 bits per heavy atom. The zero-order valence-electron chi connectivity index (χ0n) is 14.4.